The number of hydrogen-bond acceptors (Lipinski definition) is 7. The van der Waals surface area contributed by atoms with Crippen LogP contribution in [0.5, 0.6) is 0 Å². The number of imidazole rings is 1. The summed E-state index contributed by atoms with van der Waals surface area (Å²) in [7, 11) is 3.04. The van der Waals surface area contributed by atoms with Crippen molar-refractivity contribution in [3.05, 3.63) is 84.5 Å². The van der Waals surface area contributed by atoms with Crippen LogP contribution in [0.25, 0.3) is 11.2 Å². The lowest BCUT2D eigenvalue weighted by molar-refractivity contribution is -0.123. The average Bonchev–Trinajstić information content (AvgIpc) is 3.50. The van der Waals surface area contributed by atoms with Gasteiger partial charge >= 0.3 is 5.69 Å². The Bertz CT molecular complexity index is 1870. The molecule has 0 N–H and O–H groups in total. The van der Waals surface area contributed by atoms with Crippen molar-refractivity contribution in [1.82, 2.24) is 23.6 Å². The second-order valence-electron chi connectivity index (χ2n) is 10.7. The Morgan fingerprint density at radius 2 is 1.64 bits per heavy atom. The Balaban J connectivity index is 1.30. The number of aromatic nitrogens is 4. The molecule has 1 unspecified atom stereocenters. The number of amides is 2. The monoisotopic (exact) mass is 609 g/mol. The molecule has 2 fully saturated rings. The van der Waals surface area contributed by atoms with Gasteiger partial charge in [0.25, 0.3) is 11.5 Å². The van der Waals surface area contributed by atoms with Crippen LogP contribution in [-0.4, -0.2) is 67.6 Å². The van der Waals surface area contributed by atoms with Crippen molar-refractivity contribution >= 4 is 57.8 Å². The summed E-state index contributed by atoms with van der Waals surface area (Å²) in [6, 6.07) is 12.0. The van der Waals surface area contributed by atoms with Crippen molar-refractivity contribution in [2.75, 3.05) is 36.0 Å². The van der Waals surface area contributed by atoms with E-state index >= 15 is 0 Å². The number of nitrogens with zero attached hydrogens (tertiary/aromatic N) is 7. The minimum atomic E-state index is -0.576. The molecule has 218 valence electrons. The molecular formula is C29H29Cl2N7O4. The first-order valence-corrected chi connectivity index (χ1v) is 14.3. The van der Waals surface area contributed by atoms with Crippen molar-refractivity contribution in [2.24, 2.45) is 14.1 Å². The fourth-order valence-electron chi connectivity index (χ4n) is 5.83. The van der Waals surface area contributed by atoms with Crippen molar-refractivity contribution in [3.8, 4) is 0 Å². The number of carbonyl (C=O) groups is 2. The van der Waals surface area contributed by atoms with Crippen LogP contribution in [0.4, 0.5) is 11.6 Å². The number of imide groups is 1. The zero-order chi connectivity index (χ0) is 29.9. The molecule has 42 heavy (non-hydrogen) atoms. The molecule has 4 aromatic rings. The quantitative estimate of drug-likeness (QED) is 0.320. The molecule has 2 aromatic carbocycles. The number of hydrogen-bond donors (Lipinski definition) is 0. The third-order valence-electron chi connectivity index (χ3n) is 8.19. The summed E-state index contributed by atoms with van der Waals surface area (Å²) in [6.45, 7) is 4.11. The molecule has 0 radical (unpaired) electrons. The first-order chi connectivity index (χ1) is 20.1. The second kappa shape index (κ2) is 10.7. The highest BCUT2D eigenvalue weighted by atomic mass is 35.5. The maximum Gasteiger partial charge on any atom is 0.332 e. The van der Waals surface area contributed by atoms with Gasteiger partial charge in [-0.1, -0.05) is 47.5 Å². The van der Waals surface area contributed by atoms with Gasteiger partial charge < -0.3 is 4.90 Å². The highest BCUT2D eigenvalue weighted by Crippen LogP contribution is 2.32. The highest BCUT2D eigenvalue weighted by Gasteiger charge is 2.44. The minimum Gasteiger partial charge on any atom is -0.340 e. The van der Waals surface area contributed by atoms with Crippen LogP contribution in [0, 0.1) is 6.92 Å². The number of anilines is 2. The molecule has 2 saturated heterocycles. The molecule has 2 amide bonds. The van der Waals surface area contributed by atoms with Gasteiger partial charge in [-0.2, -0.15) is 4.98 Å². The van der Waals surface area contributed by atoms with Crippen LogP contribution in [0.3, 0.4) is 0 Å². The van der Waals surface area contributed by atoms with E-state index in [0.717, 1.165) is 15.7 Å². The van der Waals surface area contributed by atoms with Crippen molar-refractivity contribution in [3.63, 3.8) is 0 Å². The number of fused-ring (bicyclic) bond motifs is 1. The molecule has 2 aliphatic rings. The van der Waals surface area contributed by atoms with Crippen molar-refractivity contribution in [2.45, 2.75) is 25.9 Å². The molecule has 4 heterocycles. The number of carbonyl (C=O) groups excluding carboxylic acids is 2. The smallest absolute Gasteiger partial charge is 0.332 e. The molecule has 1 atom stereocenters. The Morgan fingerprint density at radius 3 is 2.36 bits per heavy atom. The third kappa shape index (κ3) is 4.61. The van der Waals surface area contributed by atoms with E-state index in [2.05, 4.69) is 0 Å². The van der Waals surface area contributed by atoms with Crippen LogP contribution in [0.2, 0.25) is 10.0 Å². The molecular weight excluding hydrogens is 581 g/mol. The van der Waals surface area contributed by atoms with Crippen LogP contribution >= 0.6 is 23.2 Å². The summed E-state index contributed by atoms with van der Waals surface area (Å²) < 4.78 is 4.25. The zero-order valence-electron chi connectivity index (χ0n) is 23.4. The third-order valence-corrected chi connectivity index (χ3v) is 8.79. The molecule has 0 spiro atoms. The van der Waals surface area contributed by atoms with E-state index in [1.807, 2.05) is 39.5 Å². The van der Waals surface area contributed by atoms with Crippen LogP contribution < -0.4 is 21.0 Å². The molecule has 2 aliphatic heterocycles. The van der Waals surface area contributed by atoms with Gasteiger partial charge in [0, 0.05) is 50.3 Å². The van der Waals surface area contributed by atoms with Gasteiger partial charge in [0.1, 0.15) is 0 Å². The summed E-state index contributed by atoms with van der Waals surface area (Å²) in [6.07, 6.45) is 0.0912. The number of aryl methyl sites for hydroxylation is 2. The lowest BCUT2D eigenvalue weighted by Gasteiger charge is -2.37. The normalized spacial score (nSPS) is 18.1. The molecule has 11 nitrogen and oxygen atoms in total. The predicted octanol–water partition coefficient (Wildman–Crippen LogP) is 2.55. The SMILES string of the molecule is Cc1ccc(Cl)cc1N1C(=O)CC(N2CCN(c3nc4c(c(=O)n(C)c(=O)n4C)n3Cc3ccccc3Cl)CC2)C1=O. The minimum absolute atomic E-state index is 0.0912. The fourth-order valence-corrected chi connectivity index (χ4v) is 6.20. The Hall–Kier alpha value is -3.93. The van der Waals surface area contributed by atoms with E-state index in [4.69, 9.17) is 28.2 Å². The average molecular weight is 611 g/mol. The maximum absolute atomic E-state index is 13.5. The Morgan fingerprint density at radius 1 is 0.929 bits per heavy atom. The lowest BCUT2D eigenvalue weighted by Crippen LogP contribution is -2.53. The van der Waals surface area contributed by atoms with Crippen molar-refractivity contribution < 1.29 is 9.59 Å². The standard InChI is InChI=1S/C29H29Cl2N7O4/c1-17-8-9-19(30)14-21(17)38-23(39)15-22(26(38)40)35-10-12-36(13-11-35)28-32-25-24(27(41)34(3)29(42)33(25)2)37(28)16-18-6-4-5-7-20(18)31/h4-9,14,22H,10-13,15-16H2,1-3H3. The van der Waals surface area contributed by atoms with Crippen molar-refractivity contribution in [1.29, 1.82) is 0 Å². The summed E-state index contributed by atoms with van der Waals surface area (Å²) in [4.78, 5) is 62.6. The van der Waals surface area contributed by atoms with Gasteiger partial charge in [0.05, 0.1) is 24.7 Å². The van der Waals surface area contributed by atoms with Gasteiger partial charge in [-0.25, -0.2) is 9.69 Å². The Kier molecular flexibility index (Phi) is 7.20. The van der Waals surface area contributed by atoms with Gasteiger partial charge in [-0.3, -0.25) is 33.0 Å². The predicted molar refractivity (Wildman–Crippen MR) is 162 cm³/mol. The van der Waals surface area contributed by atoms with E-state index < -0.39 is 17.3 Å². The van der Waals surface area contributed by atoms with Crippen LogP contribution in [-0.2, 0) is 30.2 Å². The summed E-state index contributed by atoms with van der Waals surface area (Å²) in [5.41, 5.74) is 1.81. The summed E-state index contributed by atoms with van der Waals surface area (Å²) >= 11 is 12.7. The number of halogens is 2. The van der Waals surface area contributed by atoms with E-state index in [0.29, 0.717) is 53.4 Å². The van der Waals surface area contributed by atoms with Gasteiger partial charge in [-0.05, 0) is 36.2 Å². The topological polar surface area (TPSA) is 106 Å². The summed E-state index contributed by atoms with van der Waals surface area (Å²) in [5.74, 6) is 0.0206. The number of benzene rings is 2. The Labute approximate surface area is 251 Å². The molecule has 0 bridgehead atoms. The summed E-state index contributed by atoms with van der Waals surface area (Å²) in [5, 5.41) is 1.01. The van der Waals surface area contributed by atoms with E-state index in [-0.39, 0.29) is 30.4 Å². The maximum atomic E-state index is 13.5. The van der Waals surface area contributed by atoms with Gasteiger partial charge in [0.2, 0.25) is 11.9 Å². The van der Waals surface area contributed by atoms with Crippen LogP contribution in [0.1, 0.15) is 17.5 Å². The zero-order valence-corrected chi connectivity index (χ0v) is 24.9. The van der Waals surface area contributed by atoms with E-state index in [1.165, 1.54) is 16.5 Å². The molecule has 6 rings (SSSR count). The molecule has 2 aromatic heterocycles. The lowest BCUT2D eigenvalue weighted by atomic mass is 10.1. The fraction of sp³-hybridized carbons (Fsp3) is 0.345. The highest BCUT2D eigenvalue weighted by molar-refractivity contribution is 6.32. The largest absolute Gasteiger partial charge is 0.340 e. The van der Waals surface area contributed by atoms with E-state index in [9.17, 15) is 19.2 Å². The number of rotatable bonds is 5. The van der Waals surface area contributed by atoms with E-state index in [1.54, 1.807) is 31.3 Å². The second-order valence-corrected chi connectivity index (χ2v) is 11.6. The molecule has 0 saturated carbocycles. The number of piperazine rings is 1. The molecule has 0 aliphatic carbocycles. The van der Waals surface area contributed by atoms with Gasteiger partial charge in [-0.15, -0.1) is 0 Å². The first-order valence-electron chi connectivity index (χ1n) is 13.6. The first kappa shape index (κ1) is 28.2. The molecule has 13 heteroatoms. The van der Waals surface area contributed by atoms with Gasteiger partial charge in [0.15, 0.2) is 11.2 Å². The van der Waals surface area contributed by atoms with Crippen LogP contribution in [0.15, 0.2) is 52.1 Å².